The first-order valence-corrected chi connectivity index (χ1v) is 5.66. The molecule has 0 heterocycles. The Morgan fingerprint density at radius 1 is 0.565 bits per heavy atom. The maximum atomic E-state index is 13.8. The van der Waals surface area contributed by atoms with E-state index in [1.54, 1.807) is 0 Å². The van der Waals surface area contributed by atoms with E-state index in [4.69, 9.17) is 5.73 Å². The van der Waals surface area contributed by atoms with Gasteiger partial charge in [-0.15, -0.1) is 0 Å². The number of halogens is 8. The summed E-state index contributed by atoms with van der Waals surface area (Å²) in [6.07, 6.45) is 0. The highest BCUT2D eigenvalue weighted by Crippen LogP contribution is 2.40. The highest BCUT2D eigenvalue weighted by atomic mass is 19.2. The van der Waals surface area contributed by atoms with Gasteiger partial charge in [-0.25, -0.2) is 26.3 Å². The number of ether oxygens (including phenoxy) is 1. The standard InChI is InChI=1S/C13H5F8NO/c1-23-13-10(20)6(16)3(7(17)11(13)21)2-4(14)8(18)12(22)9(19)5(2)15/h22H2,1H3. The van der Waals surface area contributed by atoms with Gasteiger partial charge in [-0.3, -0.25) is 0 Å². The van der Waals surface area contributed by atoms with Crippen molar-refractivity contribution in [2.24, 2.45) is 0 Å². The minimum atomic E-state index is -2.32. The highest BCUT2D eigenvalue weighted by molar-refractivity contribution is 5.70. The first-order valence-electron chi connectivity index (χ1n) is 5.66. The lowest BCUT2D eigenvalue weighted by Gasteiger charge is -2.14. The number of hydrogen-bond acceptors (Lipinski definition) is 2. The third-order valence-electron chi connectivity index (χ3n) is 2.97. The van der Waals surface area contributed by atoms with Crippen LogP contribution >= 0.6 is 0 Å². The summed E-state index contributed by atoms with van der Waals surface area (Å²) >= 11 is 0. The van der Waals surface area contributed by atoms with E-state index in [1.165, 1.54) is 0 Å². The van der Waals surface area contributed by atoms with Gasteiger partial charge in [0.15, 0.2) is 40.7 Å². The van der Waals surface area contributed by atoms with Gasteiger partial charge in [-0.2, -0.15) is 8.78 Å². The van der Waals surface area contributed by atoms with E-state index >= 15 is 0 Å². The molecule has 0 aromatic heterocycles. The van der Waals surface area contributed by atoms with Crippen LogP contribution in [0.2, 0.25) is 0 Å². The second-order valence-corrected chi connectivity index (χ2v) is 4.21. The first-order chi connectivity index (χ1) is 10.6. The summed E-state index contributed by atoms with van der Waals surface area (Å²) in [6, 6.07) is 0. The summed E-state index contributed by atoms with van der Waals surface area (Å²) in [4.78, 5) is 0. The Morgan fingerprint density at radius 3 is 1.17 bits per heavy atom. The van der Waals surface area contributed by atoms with Crippen molar-refractivity contribution in [3.05, 3.63) is 46.5 Å². The van der Waals surface area contributed by atoms with Crippen molar-refractivity contribution in [1.29, 1.82) is 0 Å². The fourth-order valence-corrected chi connectivity index (χ4v) is 1.88. The molecule has 0 unspecified atom stereocenters. The largest absolute Gasteiger partial charge is 0.491 e. The lowest BCUT2D eigenvalue weighted by atomic mass is 10.0. The van der Waals surface area contributed by atoms with Gasteiger partial charge in [-0.05, 0) is 0 Å². The number of nitrogen functional groups attached to an aromatic ring is 1. The van der Waals surface area contributed by atoms with Crippen LogP contribution in [0.4, 0.5) is 40.8 Å². The molecule has 0 fully saturated rings. The molecule has 2 nitrogen and oxygen atoms in total. The molecule has 0 saturated heterocycles. The molecule has 0 bridgehead atoms. The van der Waals surface area contributed by atoms with Crippen molar-refractivity contribution < 1.29 is 39.9 Å². The average molecular weight is 343 g/mol. The topological polar surface area (TPSA) is 35.2 Å². The summed E-state index contributed by atoms with van der Waals surface area (Å²) in [7, 11) is 0.670. The van der Waals surface area contributed by atoms with Crippen LogP contribution < -0.4 is 10.5 Å². The fourth-order valence-electron chi connectivity index (χ4n) is 1.88. The van der Waals surface area contributed by atoms with Gasteiger partial charge >= 0.3 is 0 Å². The zero-order valence-corrected chi connectivity index (χ0v) is 11.0. The molecule has 0 saturated carbocycles. The summed E-state index contributed by atoms with van der Waals surface area (Å²) in [6.45, 7) is 0. The number of nitrogens with two attached hydrogens (primary N) is 1. The smallest absolute Gasteiger partial charge is 0.204 e. The highest BCUT2D eigenvalue weighted by Gasteiger charge is 2.33. The quantitative estimate of drug-likeness (QED) is 0.507. The van der Waals surface area contributed by atoms with Gasteiger partial charge in [0.2, 0.25) is 11.6 Å². The van der Waals surface area contributed by atoms with Crippen LogP contribution in [0, 0.1) is 46.5 Å². The molecule has 2 N–H and O–H groups in total. The van der Waals surface area contributed by atoms with Crippen LogP contribution in [0.25, 0.3) is 11.1 Å². The molecule has 2 aromatic rings. The molecule has 124 valence electrons. The van der Waals surface area contributed by atoms with Crippen molar-refractivity contribution in [3.8, 4) is 16.9 Å². The molecule has 0 amide bonds. The van der Waals surface area contributed by atoms with E-state index in [-0.39, 0.29) is 0 Å². The Labute approximate surface area is 123 Å². The Balaban J connectivity index is 3.01. The molecular formula is C13H5F8NO. The molecule has 0 aliphatic heterocycles. The number of anilines is 1. The normalized spacial score (nSPS) is 11.0. The Kier molecular flexibility index (Phi) is 4.10. The molecule has 0 spiro atoms. The fraction of sp³-hybridized carbons (Fsp3) is 0.0769. The molecule has 2 rings (SSSR count). The summed E-state index contributed by atoms with van der Waals surface area (Å²) in [5.41, 5.74) is -0.832. The van der Waals surface area contributed by atoms with E-state index in [9.17, 15) is 35.1 Å². The molecule has 0 radical (unpaired) electrons. The van der Waals surface area contributed by atoms with Gasteiger partial charge in [0.05, 0.1) is 18.2 Å². The summed E-state index contributed by atoms with van der Waals surface area (Å²) < 4.78 is 113. The maximum absolute atomic E-state index is 13.8. The van der Waals surface area contributed by atoms with Gasteiger partial charge in [-0.1, -0.05) is 0 Å². The molecule has 0 aliphatic rings. The SMILES string of the molecule is COc1c(F)c(F)c(-c2c(F)c(F)c(N)c(F)c2F)c(F)c1F. The van der Waals surface area contributed by atoms with Crippen molar-refractivity contribution in [2.45, 2.75) is 0 Å². The molecule has 10 heteroatoms. The lowest BCUT2D eigenvalue weighted by Crippen LogP contribution is -2.10. The summed E-state index contributed by atoms with van der Waals surface area (Å²) in [5, 5.41) is 0. The molecule has 2 aromatic carbocycles. The minimum Gasteiger partial charge on any atom is -0.491 e. The Hall–Kier alpha value is -2.52. The number of benzene rings is 2. The zero-order valence-electron chi connectivity index (χ0n) is 11.0. The first kappa shape index (κ1) is 16.8. The van der Waals surface area contributed by atoms with Crippen molar-refractivity contribution in [3.63, 3.8) is 0 Å². The molecule has 0 atom stereocenters. The van der Waals surface area contributed by atoms with Crippen LogP contribution in [-0.4, -0.2) is 7.11 Å². The minimum absolute atomic E-state index is 0.670. The third-order valence-corrected chi connectivity index (χ3v) is 2.97. The predicted molar refractivity (Wildman–Crippen MR) is 62.5 cm³/mol. The van der Waals surface area contributed by atoms with Gasteiger partial charge < -0.3 is 10.5 Å². The van der Waals surface area contributed by atoms with Crippen molar-refractivity contribution in [2.75, 3.05) is 12.8 Å². The predicted octanol–water partition coefficient (Wildman–Crippen LogP) is 4.06. The zero-order chi connectivity index (χ0) is 17.6. The van der Waals surface area contributed by atoms with Crippen LogP contribution in [0.5, 0.6) is 5.75 Å². The van der Waals surface area contributed by atoms with Gasteiger partial charge in [0, 0.05) is 0 Å². The average Bonchev–Trinajstić information content (AvgIpc) is 2.53. The van der Waals surface area contributed by atoms with Crippen molar-refractivity contribution >= 4 is 5.69 Å². The third kappa shape index (κ3) is 2.25. The summed E-state index contributed by atoms with van der Waals surface area (Å²) in [5.74, 6) is -19.4. The van der Waals surface area contributed by atoms with E-state index in [2.05, 4.69) is 4.74 Å². The Morgan fingerprint density at radius 2 is 0.870 bits per heavy atom. The maximum Gasteiger partial charge on any atom is 0.204 e. The van der Waals surface area contributed by atoms with Crippen molar-refractivity contribution in [1.82, 2.24) is 0 Å². The number of methoxy groups -OCH3 is 1. The van der Waals surface area contributed by atoms with E-state index < -0.39 is 69.1 Å². The monoisotopic (exact) mass is 343 g/mol. The lowest BCUT2D eigenvalue weighted by molar-refractivity contribution is 0.333. The molecule has 0 aliphatic carbocycles. The second-order valence-electron chi connectivity index (χ2n) is 4.21. The Bertz CT molecular complexity index is 763. The van der Waals surface area contributed by atoms with Gasteiger partial charge in [0.25, 0.3) is 0 Å². The molecule has 23 heavy (non-hydrogen) atoms. The van der Waals surface area contributed by atoms with E-state index in [0.717, 1.165) is 0 Å². The van der Waals surface area contributed by atoms with Gasteiger partial charge in [0.1, 0.15) is 5.69 Å². The molecular weight excluding hydrogens is 338 g/mol. The van der Waals surface area contributed by atoms with E-state index in [0.29, 0.717) is 7.11 Å². The number of hydrogen-bond donors (Lipinski definition) is 1. The number of rotatable bonds is 2. The van der Waals surface area contributed by atoms with Crippen LogP contribution in [-0.2, 0) is 0 Å². The van der Waals surface area contributed by atoms with Crippen LogP contribution in [0.15, 0.2) is 0 Å². The van der Waals surface area contributed by atoms with E-state index in [1.807, 2.05) is 0 Å². The second kappa shape index (κ2) is 5.60. The van der Waals surface area contributed by atoms with Crippen LogP contribution in [0.3, 0.4) is 0 Å². The van der Waals surface area contributed by atoms with Crippen LogP contribution in [0.1, 0.15) is 0 Å².